The monoisotopic (exact) mass is 369 g/mol. The SMILES string of the molecule is COC1CN(C(c2ccc(C)cc2)C(C=O)Nc2ccccc2[N+](=O)[O-])C1. The fourth-order valence-electron chi connectivity index (χ4n) is 3.38. The van der Waals surface area contributed by atoms with Crippen LogP contribution in [0.1, 0.15) is 17.2 Å². The minimum Gasteiger partial charge on any atom is -0.379 e. The van der Waals surface area contributed by atoms with Crippen molar-refractivity contribution < 1.29 is 14.5 Å². The van der Waals surface area contributed by atoms with Gasteiger partial charge in [-0.3, -0.25) is 15.0 Å². The number of nitrogens with zero attached hydrogens (tertiary/aromatic N) is 2. The van der Waals surface area contributed by atoms with Crippen LogP contribution in [-0.2, 0) is 9.53 Å². The van der Waals surface area contributed by atoms with Crippen LogP contribution in [0.2, 0.25) is 0 Å². The number of aldehydes is 1. The van der Waals surface area contributed by atoms with E-state index in [4.69, 9.17) is 4.74 Å². The molecule has 0 radical (unpaired) electrons. The second-order valence-corrected chi connectivity index (χ2v) is 6.75. The van der Waals surface area contributed by atoms with Gasteiger partial charge in [-0.1, -0.05) is 42.0 Å². The molecule has 0 aromatic heterocycles. The fraction of sp³-hybridized carbons (Fsp3) is 0.350. The summed E-state index contributed by atoms with van der Waals surface area (Å²) in [4.78, 5) is 25.0. The average Bonchev–Trinajstić information content (AvgIpc) is 2.64. The van der Waals surface area contributed by atoms with E-state index in [0.717, 1.165) is 17.4 Å². The highest BCUT2D eigenvalue weighted by atomic mass is 16.6. The molecule has 3 rings (SSSR count). The molecular weight excluding hydrogens is 346 g/mol. The summed E-state index contributed by atoms with van der Waals surface area (Å²) in [5.41, 5.74) is 2.40. The smallest absolute Gasteiger partial charge is 0.292 e. The Bertz CT molecular complexity index is 803. The van der Waals surface area contributed by atoms with Crippen LogP contribution in [0, 0.1) is 17.0 Å². The van der Waals surface area contributed by atoms with Gasteiger partial charge in [0.2, 0.25) is 0 Å². The number of likely N-dealkylation sites (tertiary alicyclic amines) is 1. The van der Waals surface area contributed by atoms with Gasteiger partial charge in [0, 0.05) is 26.3 Å². The van der Waals surface area contributed by atoms with Crippen molar-refractivity contribution >= 4 is 17.7 Å². The highest BCUT2D eigenvalue weighted by molar-refractivity contribution is 5.71. The molecule has 2 atom stereocenters. The molecule has 1 N–H and O–H groups in total. The molecule has 2 unspecified atom stereocenters. The van der Waals surface area contributed by atoms with Crippen LogP contribution in [0.4, 0.5) is 11.4 Å². The maximum atomic E-state index is 12.0. The Morgan fingerprint density at radius 2 is 1.89 bits per heavy atom. The first-order valence-electron chi connectivity index (χ1n) is 8.82. The summed E-state index contributed by atoms with van der Waals surface area (Å²) < 4.78 is 5.36. The van der Waals surface area contributed by atoms with Crippen molar-refractivity contribution in [3.8, 4) is 0 Å². The third-order valence-electron chi connectivity index (χ3n) is 4.93. The van der Waals surface area contributed by atoms with Crippen LogP contribution in [0.25, 0.3) is 0 Å². The number of nitro groups is 1. The van der Waals surface area contributed by atoms with E-state index in [1.165, 1.54) is 6.07 Å². The Balaban J connectivity index is 1.91. The number of carbonyl (C=O) groups is 1. The maximum absolute atomic E-state index is 12.0. The van der Waals surface area contributed by atoms with Crippen LogP contribution < -0.4 is 5.32 Å². The summed E-state index contributed by atoms with van der Waals surface area (Å²) in [6.45, 7) is 3.42. The lowest BCUT2D eigenvalue weighted by molar-refractivity contribution is -0.384. The van der Waals surface area contributed by atoms with Crippen LogP contribution >= 0.6 is 0 Å². The minimum atomic E-state index is -0.633. The van der Waals surface area contributed by atoms with Crippen molar-refractivity contribution in [3.05, 3.63) is 69.8 Å². The largest absolute Gasteiger partial charge is 0.379 e. The van der Waals surface area contributed by atoms with Crippen molar-refractivity contribution in [3.63, 3.8) is 0 Å². The predicted molar refractivity (Wildman–Crippen MR) is 103 cm³/mol. The average molecular weight is 369 g/mol. The molecule has 1 fully saturated rings. The van der Waals surface area contributed by atoms with Gasteiger partial charge in [-0.05, 0) is 18.6 Å². The number of aryl methyl sites for hydroxylation is 1. The van der Waals surface area contributed by atoms with Crippen LogP contribution in [0.3, 0.4) is 0 Å². The number of benzene rings is 2. The van der Waals surface area contributed by atoms with Crippen LogP contribution in [-0.4, -0.2) is 48.5 Å². The summed E-state index contributed by atoms with van der Waals surface area (Å²) in [6.07, 6.45) is 0.956. The van der Waals surface area contributed by atoms with E-state index < -0.39 is 11.0 Å². The lowest BCUT2D eigenvalue weighted by Gasteiger charge is -2.45. The van der Waals surface area contributed by atoms with E-state index in [2.05, 4.69) is 10.2 Å². The predicted octanol–water partition coefficient (Wildman–Crippen LogP) is 2.95. The zero-order valence-electron chi connectivity index (χ0n) is 15.4. The number of hydrogen-bond donors (Lipinski definition) is 1. The van der Waals surface area contributed by atoms with E-state index in [1.54, 1.807) is 25.3 Å². The quantitative estimate of drug-likeness (QED) is 0.437. The number of carbonyl (C=O) groups excluding carboxylic acids is 1. The molecule has 2 aromatic carbocycles. The summed E-state index contributed by atoms with van der Waals surface area (Å²) >= 11 is 0. The Labute approximate surface area is 158 Å². The summed E-state index contributed by atoms with van der Waals surface area (Å²) in [6, 6.07) is 13.5. The first-order valence-corrected chi connectivity index (χ1v) is 8.82. The van der Waals surface area contributed by atoms with E-state index >= 15 is 0 Å². The third kappa shape index (κ3) is 4.15. The number of nitrogens with one attached hydrogen (secondary N) is 1. The fourth-order valence-corrected chi connectivity index (χ4v) is 3.38. The number of ether oxygens (including phenoxy) is 1. The normalized spacial score (nSPS) is 17.0. The van der Waals surface area contributed by atoms with Gasteiger partial charge in [-0.15, -0.1) is 0 Å². The second-order valence-electron chi connectivity index (χ2n) is 6.75. The molecule has 1 saturated heterocycles. The van der Waals surface area contributed by atoms with Gasteiger partial charge in [0.05, 0.1) is 17.1 Å². The number of anilines is 1. The highest BCUT2D eigenvalue weighted by Crippen LogP contribution is 2.33. The van der Waals surface area contributed by atoms with Crippen molar-refractivity contribution in [2.45, 2.75) is 25.1 Å². The topological polar surface area (TPSA) is 84.7 Å². The zero-order valence-corrected chi connectivity index (χ0v) is 15.4. The highest BCUT2D eigenvalue weighted by Gasteiger charge is 2.38. The molecular formula is C20H23N3O4. The molecule has 1 heterocycles. The van der Waals surface area contributed by atoms with Gasteiger partial charge in [-0.25, -0.2) is 0 Å². The maximum Gasteiger partial charge on any atom is 0.292 e. The molecule has 0 bridgehead atoms. The second kappa shape index (κ2) is 8.28. The summed E-state index contributed by atoms with van der Waals surface area (Å²) in [5.74, 6) is 0. The molecule has 7 nitrogen and oxygen atoms in total. The molecule has 1 aliphatic heterocycles. The first-order chi connectivity index (χ1) is 13.0. The Hall–Kier alpha value is -2.77. The zero-order chi connectivity index (χ0) is 19.4. The van der Waals surface area contributed by atoms with Crippen LogP contribution in [0.5, 0.6) is 0 Å². The Morgan fingerprint density at radius 3 is 2.48 bits per heavy atom. The van der Waals surface area contributed by atoms with E-state index in [0.29, 0.717) is 18.8 Å². The van der Waals surface area contributed by atoms with Crippen molar-refractivity contribution in [1.29, 1.82) is 0 Å². The van der Waals surface area contributed by atoms with Gasteiger partial charge in [0.15, 0.2) is 0 Å². The standard InChI is InChI=1S/C20H23N3O4/c1-14-7-9-15(10-8-14)20(22-11-16(12-22)27-2)18(13-24)21-17-5-3-4-6-19(17)23(25)26/h3-10,13,16,18,20-21H,11-12H2,1-2H3. The van der Waals surface area contributed by atoms with E-state index in [1.807, 2.05) is 31.2 Å². The molecule has 2 aromatic rings. The van der Waals surface area contributed by atoms with Gasteiger partial charge >= 0.3 is 0 Å². The summed E-state index contributed by atoms with van der Waals surface area (Å²) in [7, 11) is 1.67. The summed E-state index contributed by atoms with van der Waals surface area (Å²) in [5, 5.41) is 14.4. The van der Waals surface area contributed by atoms with E-state index in [-0.39, 0.29) is 17.8 Å². The Kier molecular flexibility index (Phi) is 5.83. The van der Waals surface area contributed by atoms with Crippen molar-refractivity contribution in [2.75, 3.05) is 25.5 Å². The lowest BCUT2D eigenvalue weighted by atomic mass is 9.93. The number of nitro benzene ring substituents is 1. The number of methoxy groups -OCH3 is 1. The van der Waals surface area contributed by atoms with Crippen molar-refractivity contribution in [1.82, 2.24) is 4.90 Å². The molecule has 1 aliphatic rings. The van der Waals surface area contributed by atoms with Gasteiger partial charge in [0.1, 0.15) is 18.0 Å². The minimum absolute atomic E-state index is 0.0506. The lowest BCUT2D eigenvalue weighted by Crippen LogP contribution is -2.56. The van der Waals surface area contributed by atoms with Gasteiger partial charge < -0.3 is 14.8 Å². The molecule has 0 aliphatic carbocycles. The third-order valence-corrected chi connectivity index (χ3v) is 4.93. The number of hydrogen-bond acceptors (Lipinski definition) is 6. The molecule has 27 heavy (non-hydrogen) atoms. The van der Waals surface area contributed by atoms with Crippen molar-refractivity contribution in [2.24, 2.45) is 0 Å². The van der Waals surface area contributed by atoms with Crippen LogP contribution in [0.15, 0.2) is 48.5 Å². The van der Waals surface area contributed by atoms with Gasteiger partial charge in [0.25, 0.3) is 5.69 Å². The van der Waals surface area contributed by atoms with Gasteiger partial charge in [-0.2, -0.15) is 0 Å². The van der Waals surface area contributed by atoms with E-state index in [9.17, 15) is 14.9 Å². The molecule has 0 saturated carbocycles. The first kappa shape index (κ1) is 19.0. The molecule has 142 valence electrons. The molecule has 7 heteroatoms. The number of rotatable bonds is 8. The molecule has 0 spiro atoms. The Morgan fingerprint density at radius 1 is 1.22 bits per heavy atom. The number of para-hydroxylation sites is 2. The molecule has 0 amide bonds.